The summed E-state index contributed by atoms with van der Waals surface area (Å²) in [5, 5.41) is 2.91. The first-order valence-electron chi connectivity index (χ1n) is 8.99. The van der Waals surface area contributed by atoms with E-state index in [0.717, 1.165) is 12.0 Å². The third kappa shape index (κ3) is 4.23. The van der Waals surface area contributed by atoms with Gasteiger partial charge in [0.05, 0.1) is 12.2 Å². The lowest BCUT2D eigenvalue weighted by molar-refractivity contribution is -0.117. The molecule has 0 spiro atoms. The smallest absolute Gasteiger partial charge is 0.224 e. The van der Waals surface area contributed by atoms with Crippen molar-refractivity contribution < 1.29 is 14.3 Å². The minimum atomic E-state index is -0.0457. The summed E-state index contributed by atoms with van der Waals surface area (Å²) in [7, 11) is 0. The maximum absolute atomic E-state index is 12.3. The third-order valence-corrected chi connectivity index (χ3v) is 4.56. The van der Waals surface area contributed by atoms with E-state index in [1.165, 1.54) is 12.5 Å². The van der Waals surface area contributed by atoms with E-state index in [1.807, 2.05) is 0 Å². The Balaban J connectivity index is 1.62. The maximum atomic E-state index is 12.3. The van der Waals surface area contributed by atoms with Crippen LogP contribution in [0.15, 0.2) is 42.5 Å². The van der Waals surface area contributed by atoms with Gasteiger partial charge >= 0.3 is 0 Å². The molecule has 0 saturated heterocycles. The molecule has 5 heteroatoms. The summed E-state index contributed by atoms with van der Waals surface area (Å²) in [6, 6.07) is 13.8. The zero-order valence-corrected chi connectivity index (χ0v) is 15.2. The molecule has 2 aromatic carbocycles. The predicted molar refractivity (Wildman–Crippen MR) is 103 cm³/mol. The Kier molecular flexibility index (Phi) is 5.56. The number of carbonyl (C=O) groups excluding carboxylic acids is 2. The van der Waals surface area contributed by atoms with E-state index >= 15 is 0 Å². The van der Waals surface area contributed by atoms with Crippen LogP contribution >= 0.6 is 0 Å². The Morgan fingerprint density at radius 2 is 1.85 bits per heavy atom. The highest BCUT2D eigenvalue weighted by Gasteiger charge is 2.21. The second kappa shape index (κ2) is 8.04. The molecule has 0 unspecified atom stereocenters. The lowest BCUT2D eigenvalue weighted by Gasteiger charge is -2.29. The van der Waals surface area contributed by atoms with Crippen LogP contribution in [0.25, 0.3) is 0 Å². The van der Waals surface area contributed by atoms with Gasteiger partial charge in [-0.3, -0.25) is 9.59 Å². The molecule has 1 aliphatic rings. The molecule has 0 bridgehead atoms. The van der Waals surface area contributed by atoms with Crippen LogP contribution in [0.4, 0.5) is 11.4 Å². The second-order valence-corrected chi connectivity index (χ2v) is 6.42. The number of nitrogens with one attached hydrogen (secondary N) is 1. The van der Waals surface area contributed by atoms with Gasteiger partial charge in [0.1, 0.15) is 12.4 Å². The summed E-state index contributed by atoms with van der Waals surface area (Å²) >= 11 is 0. The minimum absolute atomic E-state index is 0.0337. The average Bonchev–Trinajstić information content (AvgIpc) is 2.66. The average molecular weight is 352 g/mol. The number of carbonyl (C=O) groups is 2. The molecule has 0 saturated carbocycles. The van der Waals surface area contributed by atoms with E-state index in [4.69, 9.17) is 4.74 Å². The van der Waals surface area contributed by atoms with Crippen molar-refractivity contribution in [2.75, 3.05) is 23.4 Å². The molecular formula is C21H24N2O3. The van der Waals surface area contributed by atoms with Gasteiger partial charge in [-0.05, 0) is 42.2 Å². The van der Waals surface area contributed by atoms with Gasteiger partial charge in [-0.25, -0.2) is 0 Å². The topological polar surface area (TPSA) is 58.6 Å². The normalized spacial score (nSPS) is 12.9. The van der Waals surface area contributed by atoms with Gasteiger partial charge in [0.15, 0.2) is 0 Å². The fourth-order valence-electron chi connectivity index (χ4n) is 3.05. The first-order valence-corrected chi connectivity index (χ1v) is 8.99. The Labute approximate surface area is 154 Å². The molecule has 2 aromatic rings. The van der Waals surface area contributed by atoms with E-state index in [1.54, 1.807) is 23.1 Å². The van der Waals surface area contributed by atoms with E-state index < -0.39 is 0 Å². The van der Waals surface area contributed by atoms with Gasteiger partial charge in [-0.15, -0.1) is 0 Å². The molecular weight excluding hydrogens is 328 g/mol. The first-order chi connectivity index (χ1) is 12.6. The second-order valence-electron chi connectivity index (χ2n) is 6.42. The van der Waals surface area contributed by atoms with Crippen molar-refractivity contribution in [3.63, 3.8) is 0 Å². The number of rotatable bonds is 5. The quantitative estimate of drug-likeness (QED) is 0.895. The number of ether oxygens (including phenoxy) is 1. The van der Waals surface area contributed by atoms with Crippen LogP contribution in [0.5, 0.6) is 5.75 Å². The summed E-state index contributed by atoms with van der Waals surface area (Å²) in [5.74, 6) is 0.588. The largest absolute Gasteiger partial charge is 0.490 e. The summed E-state index contributed by atoms with van der Waals surface area (Å²) in [6.45, 7) is 4.66. The summed E-state index contributed by atoms with van der Waals surface area (Å²) in [4.78, 5) is 25.7. The Morgan fingerprint density at radius 3 is 2.54 bits per heavy atom. The van der Waals surface area contributed by atoms with Crippen molar-refractivity contribution >= 4 is 23.2 Å². The predicted octanol–water partition coefficient (Wildman–Crippen LogP) is 3.57. The lowest BCUT2D eigenvalue weighted by atomic mass is 10.1. The van der Waals surface area contributed by atoms with Gasteiger partial charge < -0.3 is 15.0 Å². The minimum Gasteiger partial charge on any atom is -0.490 e. The highest BCUT2D eigenvalue weighted by Crippen LogP contribution is 2.34. The molecule has 2 amide bonds. The number of anilines is 2. The number of nitrogens with zero attached hydrogens (tertiary/aromatic N) is 1. The van der Waals surface area contributed by atoms with Crippen molar-refractivity contribution in [1.82, 2.24) is 0 Å². The van der Waals surface area contributed by atoms with Gasteiger partial charge in [-0.2, -0.15) is 0 Å². The monoisotopic (exact) mass is 352 g/mol. The molecule has 1 heterocycles. The summed E-state index contributed by atoms with van der Waals surface area (Å²) in [5.41, 5.74) is 3.83. The third-order valence-electron chi connectivity index (χ3n) is 4.56. The SMILES string of the molecule is CCc1ccc(CCC(=O)Nc2ccc3c(c2)N(C(C)=O)CCO3)cc1. The van der Waals surface area contributed by atoms with Crippen LogP contribution in [0, 0.1) is 0 Å². The zero-order chi connectivity index (χ0) is 18.5. The maximum Gasteiger partial charge on any atom is 0.224 e. The highest BCUT2D eigenvalue weighted by atomic mass is 16.5. The van der Waals surface area contributed by atoms with Crippen LogP contribution in [-0.2, 0) is 22.4 Å². The van der Waals surface area contributed by atoms with Crippen LogP contribution in [0.2, 0.25) is 0 Å². The van der Waals surface area contributed by atoms with Gasteiger partial charge in [0, 0.05) is 19.0 Å². The fourth-order valence-corrected chi connectivity index (χ4v) is 3.05. The molecule has 0 radical (unpaired) electrons. The molecule has 26 heavy (non-hydrogen) atoms. The van der Waals surface area contributed by atoms with Crippen molar-refractivity contribution in [2.45, 2.75) is 33.1 Å². The first kappa shape index (κ1) is 18.0. The van der Waals surface area contributed by atoms with Gasteiger partial charge in [0.25, 0.3) is 0 Å². The highest BCUT2D eigenvalue weighted by molar-refractivity contribution is 5.96. The van der Waals surface area contributed by atoms with Crippen molar-refractivity contribution in [1.29, 1.82) is 0 Å². The Hall–Kier alpha value is -2.82. The number of hydrogen-bond acceptors (Lipinski definition) is 3. The Morgan fingerprint density at radius 1 is 1.12 bits per heavy atom. The molecule has 3 rings (SSSR count). The molecule has 1 aliphatic heterocycles. The molecule has 0 aromatic heterocycles. The fraction of sp³-hybridized carbons (Fsp3) is 0.333. The van der Waals surface area contributed by atoms with Gasteiger partial charge in [-0.1, -0.05) is 31.2 Å². The van der Waals surface area contributed by atoms with Crippen LogP contribution in [0.3, 0.4) is 0 Å². The molecule has 1 N–H and O–H groups in total. The van der Waals surface area contributed by atoms with E-state index in [2.05, 4.69) is 36.5 Å². The molecule has 0 aliphatic carbocycles. The van der Waals surface area contributed by atoms with Crippen LogP contribution < -0.4 is 15.0 Å². The summed E-state index contributed by atoms with van der Waals surface area (Å²) < 4.78 is 5.58. The molecule has 0 atom stereocenters. The van der Waals surface area contributed by atoms with Crippen LogP contribution in [-0.4, -0.2) is 25.0 Å². The standard InChI is InChI=1S/C21H24N2O3/c1-3-16-4-6-17(7-5-16)8-11-21(25)22-18-9-10-20-19(14-18)23(15(2)24)12-13-26-20/h4-7,9-10,14H,3,8,11-13H2,1-2H3,(H,22,25). The van der Waals surface area contributed by atoms with Crippen LogP contribution in [0.1, 0.15) is 31.4 Å². The molecule has 5 nitrogen and oxygen atoms in total. The van der Waals surface area contributed by atoms with E-state index in [9.17, 15) is 9.59 Å². The number of benzene rings is 2. The number of aryl methyl sites for hydroxylation is 2. The summed E-state index contributed by atoms with van der Waals surface area (Å²) in [6.07, 6.45) is 2.12. The zero-order valence-electron chi connectivity index (χ0n) is 15.2. The number of fused-ring (bicyclic) bond motifs is 1. The number of amides is 2. The van der Waals surface area contributed by atoms with Crippen molar-refractivity contribution in [3.8, 4) is 5.75 Å². The van der Waals surface area contributed by atoms with E-state index in [0.29, 0.717) is 43.1 Å². The van der Waals surface area contributed by atoms with Gasteiger partial charge in [0.2, 0.25) is 11.8 Å². The molecule has 136 valence electrons. The number of hydrogen-bond donors (Lipinski definition) is 1. The lowest BCUT2D eigenvalue weighted by Crippen LogP contribution is -2.36. The van der Waals surface area contributed by atoms with Crippen molar-refractivity contribution in [3.05, 3.63) is 53.6 Å². The van der Waals surface area contributed by atoms with E-state index in [-0.39, 0.29) is 11.8 Å². The molecule has 0 fully saturated rings. The Bertz CT molecular complexity index is 799. The van der Waals surface area contributed by atoms with Crippen molar-refractivity contribution in [2.24, 2.45) is 0 Å².